The van der Waals surface area contributed by atoms with E-state index >= 15 is 0 Å². The SMILES string of the molecule is CCC(Nc1c(C)cccc1N)c1ccccc1. The van der Waals surface area contributed by atoms with Crippen LogP contribution in [0.5, 0.6) is 0 Å². The van der Waals surface area contributed by atoms with Crippen LogP contribution in [0.25, 0.3) is 0 Å². The summed E-state index contributed by atoms with van der Waals surface area (Å²) in [5.74, 6) is 0. The molecule has 1 unspecified atom stereocenters. The second kappa shape index (κ2) is 5.58. The van der Waals surface area contributed by atoms with Crippen LogP contribution in [0.2, 0.25) is 0 Å². The van der Waals surface area contributed by atoms with E-state index in [0.717, 1.165) is 17.8 Å². The Morgan fingerprint density at radius 2 is 1.78 bits per heavy atom. The van der Waals surface area contributed by atoms with E-state index in [2.05, 4.69) is 49.5 Å². The van der Waals surface area contributed by atoms with Crippen molar-refractivity contribution in [3.8, 4) is 0 Å². The molecule has 0 aliphatic rings. The zero-order valence-corrected chi connectivity index (χ0v) is 11.0. The van der Waals surface area contributed by atoms with Gasteiger partial charge in [-0.3, -0.25) is 0 Å². The van der Waals surface area contributed by atoms with E-state index < -0.39 is 0 Å². The molecule has 0 aliphatic heterocycles. The topological polar surface area (TPSA) is 38.0 Å². The molecule has 0 radical (unpaired) electrons. The summed E-state index contributed by atoms with van der Waals surface area (Å²) < 4.78 is 0. The molecule has 3 N–H and O–H groups in total. The van der Waals surface area contributed by atoms with E-state index in [0.29, 0.717) is 6.04 Å². The molecule has 1 atom stereocenters. The molecule has 94 valence electrons. The minimum atomic E-state index is 0.301. The van der Waals surface area contributed by atoms with Crippen LogP contribution in [0.4, 0.5) is 11.4 Å². The fraction of sp³-hybridized carbons (Fsp3) is 0.250. The van der Waals surface area contributed by atoms with E-state index in [1.165, 1.54) is 11.1 Å². The average molecular weight is 240 g/mol. The van der Waals surface area contributed by atoms with Gasteiger partial charge < -0.3 is 11.1 Å². The Hall–Kier alpha value is -1.96. The van der Waals surface area contributed by atoms with Crippen molar-refractivity contribution in [1.29, 1.82) is 0 Å². The molecule has 0 fully saturated rings. The van der Waals surface area contributed by atoms with Crippen LogP contribution >= 0.6 is 0 Å². The predicted molar refractivity (Wildman–Crippen MR) is 78.7 cm³/mol. The Bertz CT molecular complexity index is 486. The highest BCUT2D eigenvalue weighted by Crippen LogP contribution is 2.28. The molecule has 0 saturated heterocycles. The number of nitrogens with one attached hydrogen (secondary N) is 1. The minimum Gasteiger partial charge on any atom is -0.397 e. The number of rotatable bonds is 4. The van der Waals surface area contributed by atoms with Gasteiger partial charge in [0.2, 0.25) is 0 Å². The van der Waals surface area contributed by atoms with Crippen molar-refractivity contribution in [2.24, 2.45) is 0 Å². The van der Waals surface area contributed by atoms with Crippen LogP contribution in [0.3, 0.4) is 0 Å². The van der Waals surface area contributed by atoms with E-state index in [1.807, 2.05) is 18.2 Å². The highest BCUT2D eigenvalue weighted by Gasteiger charge is 2.11. The molecule has 0 bridgehead atoms. The first kappa shape index (κ1) is 12.5. The van der Waals surface area contributed by atoms with Gasteiger partial charge in [-0.15, -0.1) is 0 Å². The highest BCUT2D eigenvalue weighted by molar-refractivity contribution is 5.70. The molecule has 0 spiro atoms. The average Bonchev–Trinajstić information content (AvgIpc) is 2.40. The first-order valence-corrected chi connectivity index (χ1v) is 6.39. The maximum Gasteiger partial charge on any atom is 0.0608 e. The van der Waals surface area contributed by atoms with Crippen LogP contribution in [0.15, 0.2) is 48.5 Å². The minimum absolute atomic E-state index is 0.301. The second-order valence-corrected chi connectivity index (χ2v) is 4.55. The standard InChI is InChI=1S/C16H20N2/c1-3-15(13-9-5-4-6-10-13)18-16-12(2)8-7-11-14(16)17/h4-11,15,18H,3,17H2,1-2H3. The molecule has 2 aromatic carbocycles. The maximum atomic E-state index is 6.04. The van der Waals surface area contributed by atoms with Gasteiger partial charge in [-0.1, -0.05) is 49.4 Å². The fourth-order valence-corrected chi connectivity index (χ4v) is 2.17. The molecule has 0 aromatic heterocycles. The Morgan fingerprint density at radius 3 is 2.39 bits per heavy atom. The van der Waals surface area contributed by atoms with E-state index in [9.17, 15) is 0 Å². The molecule has 2 heteroatoms. The molecule has 0 aliphatic carbocycles. The van der Waals surface area contributed by atoms with Crippen LogP contribution in [0, 0.1) is 6.92 Å². The number of hydrogen-bond acceptors (Lipinski definition) is 2. The lowest BCUT2D eigenvalue weighted by Gasteiger charge is -2.21. The lowest BCUT2D eigenvalue weighted by atomic mass is 10.0. The lowest BCUT2D eigenvalue weighted by molar-refractivity contribution is 0.749. The highest BCUT2D eigenvalue weighted by atomic mass is 14.9. The van der Waals surface area contributed by atoms with Gasteiger partial charge in [-0.2, -0.15) is 0 Å². The summed E-state index contributed by atoms with van der Waals surface area (Å²) in [7, 11) is 0. The third-order valence-electron chi connectivity index (χ3n) is 3.23. The quantitative estimate of drug-likeness (QED) is 0.788. The van der Waals surface area contributed by atoms with Crippen molar-refractivity contribution in [3.05, 3.63) is 59.7 Å². The smallest absolute Gasteiger partial charge is 0.0608 e. The van der Waals surface area contributed by atoms with Crippen molar-refractivity contribution in [3.63, 3.8) is 0 Å². The Labute approximate surface area is 109 Å². The third-order valence-corrected chi connectivity index (χ3v) is 3.23. The summed E-state index contributed by atoms with van der Waals surface area (Å²) in [6.07, 6.45) is 1.03. The van der Waals surface area contributed by atoms with Crippen LogP contribution in [-0.2, 0) is 0 Å². The normalized spacial score (nSPS) is 12.1. The first-order chi connectivity index (χ1) is 8.72. The van der Waals surface area contributed by atoms with Crippen molar-refractivity contribution in [2.75, 3.05) is 11.1 Å². The summed E-state index contributed by atoms with van der Waals surface area (Å²) in [4.78, 5) is 0. The van der Waals surface area contributed by atoms with Gasteiger partial charge >= 0.3 is 0 Å². The van der Waals surface area contributed by atoms with E-state index in [1.54, 1.807) is 0 Å². The fourth-order valence-electron chi connectivity index (χ4n) is 2.17. The zero-order valence-electron chi connectivity index (χ0n) is 11.0. The van der Waals surface area contributed by atoms with E-state index in [-0.39, 0.29) is 0 Å². The Balaban J connectivity index is 2.26. The summed E-state index contributed by atoms with van der Waals surface area (Å²) in [5, 5.41) is 3.56. The number of para-hydroxylation sites is 1. The lowest BCUT2D eigenvalue weighted by Crippen LogP contribution is -2.12. The Kier molecular flexibility index (Phi) is 3.88. The number of hydrogen-bond donors (Lipinski definition) is 2. The Morgan fingerprint density at radius 1 is 1.06 bits per heavy atom. The van der Waals surface area contributed by atoms with Crippen molar-refractivity contribution >= 4 is 11.4 Å². The monoisotopic (exact) mass is 240 g/mol. The summed E-state index contributed by atoms with van der Waals surface area (Å²) in [6.45, 7) is 4.26. The van der Waals surface area contributed by atoms with Gasteiger partial charge in [0.1, 0.15) is 0 Å². The molecule has 2 aromatic rings. The maximum absolute atomic E-state index is 6.04. The number of benzene rings is 2. The number of nitrogen functional groups attached to an aromatic ring is 1. The van der Waals surface area contributed by atoms with Crippen LogP contribution in [-0.4, -0.2) is 0 Å². The molecular formula is C16H20N2. The number of nitrogens with two attached hydrogens (primary N) is 1. The molecule has 0 amide bonds. The van der Waals surface area contributed by atoms with Crippen molar-refractivity contribution < 1.29 is 0 Å². The van der Waals surface area contributed by atoms with Gasteiger partial charge in [0.25, 0.3) is 0 Å². The van der Waals surface area contributed by atoms with Crippen molar-refractivity contribution in [2.45, 2.75) is 26.3 Å². The molecular weight excluding hydrogens is 220 g/mol. The van der Waals surface area contributed by atoms with Crippen LogP contribution < -0.4 is 11.1 Å². The summed E-state index contributed by atoms with van der Waals surface area (Å²) >= 11 is 0. The molecule has 18 heavy (non-hydrogen) atoms. The molecule has 0 heterocycles. The molecule has 0 saturated carbocycles. The van der Waals surface area contributed by atoms with Gasteiger partial charge in [0, 0.05) is 0 Å². The van der Waals surface area contributed by atoms with Crippen molar-refractivity contribution in [1.82, 2.24) is 0 Å². The number of aryl methyl sites for hydroxylation is 1. The third kappa shape index (κ3) is 2.65. The zero-order chi connectivity index (χ0) is 13.0. The number of anilines is 2. The molecule has 2 nitrogen and oxygen atoms in total. The molecule has 2 rings (SSSR count). The first-order valence-electron chi connectivity index (χ1n) is 6.39. The predicted octanol–water partition coefficient (Wildman–Crippen LogP) is 4.14. The summed E-state index contributed by atoms with van der Waals surface area (Å²) in [6, 6.07) is 16.8. The van der Waals surface area contributed by atoms with E-state index in [4.69, 9.17) is 5.73 Å². The van der Waals surface area contributed by atoms with Crippen LogP contribution in [0.1, 0.15) is 30.5 Å². The van der Waals surface area contributed by atoms with Gasteiger partial charge in [-0.25, -0.2) is 0 Å². The summed E-state index contributed by atoms with van der Waals surface area (Å²) in [5.41, 5.74) is 10.4. The van der Waals surface area contributed by atoms with Gasteiger partial charge in [0.05, 0.1) is 17.4 Å². The second-order valence-electron chi connectivity index (χ2n) is 4.55. The largest absolute Gasteiger partial charge is 0.397 e. The van der Waals surface area contributed by atoms with Gasteiger partial charge in [-0.05, 0) is 30.5 Å². The van der Waals surface area contributed by atoms with Gasteiger partial charge in [0.15, 0.2) is 0 Å².